The van der Waals surface area contributed by atoms with Crippen LogP contribution in [0.1, 0.15) is 22.7 Å². The molecule has 3 nitrogen and oxygen atoms in total. The molecule has 88 valence electrons. The minimum absolute atomic E-state index is 0.551. The highest BCUT2D eigenvalue weighted by Crippen LogP contribution is 2.26. The van der Waals surface area contributed by atoms with Crippen LogP contribution in [0.5, 0.6) is 0 Å². The SMILES string of the molecule is Cn1ccc(CC2CNCc3ccccc32)n1. The van der Waals surface area contributed by atoms with Crippen LogP contribution in [0.2, 0.25) is 0 Å². The van der Waals surface area contributed by atoms with E-state index >= 15 is 0 Å². The standard InChI is InChI=1S/C14H17N3/c1-17-7-6-13(16-17)8-12-10-15-9-11-4-2-3-5-14(11)12/h2-7,12,15H,8-10H2,1H3. The van der Waals surface area contributed by atoms with Gasteiger partial charge in [-0.3, -0.25) is 4.68 Å². The van der Waals surface area contributed by atoms with Gasteiger partial charge >= 0.3 is 0 Å². The van der Waals surface area contributed by atoms with Crippen molar-refractivity contribution in [3.8, 4) is 0 Å². The summed E-state index contributed by atoms with van der Waals surface area (Å²) in [5.41, 5.74) is 4.09. The van der Waals surface area contributed by atoms with Crippen LogP contribution in [0.15, 0.2) is 36.5 Å². The van der Waals surface area contributed by atoms with E-state index in [-0.39, 0.29) is 0 Å². The Balaban J connectivity index is 1.85. The highest BCUT2D eigenvalue weighted by atomic mass is 15.2. The van der Waals surface area contributed by atoms with Crippen molar-refractivity contribution in [2.75, 3.05) is 6.54 Å². The Labute approximate surface area is 101 Å². The molecule has 1 aliphatic rings. The van der Waals surface area contributed by atoms with E-state index in [1.807, 2.05) is 17.9 Å². The van der Waals surface area contributed by atoms with E-state index in [0.717, 1.165) is 19.5 Å². The van der Waals surface area contributed by atoms with Crippen molar-refractivity contribution in [3.05, 3.63) is 53.3 Å². The molecule has 0 fully saturated rings. The molecule has 1 N–H and O–H groups in total. The van der Waals surface area contributed by atoms with Crippen molar-refractivity contribution in [1.82, 2.24) is 15.1 Å². The van der Waals surface area contributed by atoms with E-state index < -0.39 is 0 Å². The van der Waals surface area contributed by atoms with Gasteiger partial charge < -0.3 is 5.32 Å². The average molecular weight is 227 g/mol. The van der Waals surface area contributed by atoms with Gasteiger partial charge in [-0.2, -0.15) is 5.10 Å². The molecule has 1 aromatic carbocycles. The van der Waals surface area contributed by atoms with Gasteiger partial charge in [-0.25, -0.2) is 0 Å². The molecule has 0 bridgehead atoms. The first kappa shape index (κ1) is 10.5. The van der Waals surface area contributed by atoms with Crippen LogP contribution in [-0.4, -0.2) is 16.3 Å². The molecule has 1 aromatic heterocycles. The quantitative estimate of drug-likeness (QED) is 0.848. The van der Waals surface area contributed by atoms with Gasteiger partial charge in [-0.05, 0) is 23.6 Å². The van der Waals surface area contributed by atoms with Crippen LogP contribution in [0, 0.1) is 0 Å². The zero-order chi connectivity index (χ0) is 11.7. The number of fused-ring (bicyclic) bond motifs is 1. The van der Waals surface area contributed by atoms with Crippen molar-refractivity contribution in [2.45, 2.75) is 18.9 Å². The molecule has 1 atom stereocenters. The number of nitrogens with zero attached hydrogens (tertiary/aromatic N) is 2. The Morgan fingerprint density at radius 1 is 1.35 bits per heavy atom. The van der Waals surface area contributed by atoms with E-state index in [1.54, 1.807) is 0 Å². The number of rotatable bonds is 2. The van der Waals surface area contributed by atoms with Gasteiger partial charge in [0.25, 0.3) is 0 Å². The zero-order valence-electron chi connectivity index (χ0n) is 10.1. The van der Waals surface area contributed by atoms with Crippen LogP contribution in [0.3, 0.4) is 0 Å². The summed E-state index contributed by atoms with van der Waals surface area (Å²) < 4.78 is 1.87. The third-order valence-electron chi connectivity index (χ3n) is 3.43. The highest BCUT2D eigenvalue weighted by molar-refractivity contribution is 5.33. The normalized spacial score (nSPS) is 19.0. The summed E-state index contributed by atoms with van der Waals surface area (Å²) >= 11 is 0. The third kappa shape index (κ3) is 2.11. The minimum atomic E-state index is 0.551. The molecule has 17 heavy (non-hydrogen) atoms. The van der Waals surface area contributed by atoms with Crippen molar-refractivity contribution in [3.63, 3.8) is 0 Å². The molecule has 0 saturated carbocycles. The number of benzene rings is 1. The fourth-order valence-corrected chi connectivity index (χ4v) is 2.59. The van der Waals surface area contributed by atoms with Crippen molar-refractivity contribution in [2.24, 2.45) is 7.05 Å². The topological polar surface area (TPSA) is 29.9 Å². The molecule has 0 saturated heterocycles. The summed E-state index contributed by atoms with van der Waals surface area (Å²) in [6.07, 6.45) is 3.03. The summed E-state index contributed by atoms with van der Waals surface area (Å²) in [6, 6.07) is 10.8. The number of aryl methyl sites for hydroxylation is 1. The van der Waals surface area contributed by atoms with Crippen LogP contribution in [0.25, 0.3) is 0 Å². The van der Waals surface area contributed by atoms with Crippen LogP contribution < -0.4 is 5.32 Å². The number of hydrogen-bond acceptors (Lipinski definition) is 2. The lowest BCUT2D eigenvalue weighted by molar-refractivity contribution is 0.532. The largest absolute Gasteiger partial charge is 0.312 e. The van der Waals surface area contributed by atoms with E-state index in [0.29, 0.717) is 5.92 Å². The van der Waals surface area contributed by atoms with Crippen molar-refractivity contribution >= 4 is 0 Å². The minimum Gasteiger partial charge on any atom is -0.312 e. The Hall–Kier alpha value is -1.61. The predicted octanol–water partition coefficient (Wildman–Crippen LogP) is 1.85. The third-order valence-corrected chi connectivity index (χ3v) is 3.43. The molecule has 0 radical (unpaired) electrons. The Kier molecular flexibility index (Phi) is 2.69. The first-order valence-corrected chi connectivity index (χ1v) is 6.10. The summed E-state index contributed by atoms with van der Waals surface area (Å²) in [6.45, 7) is 2.04. The molecule has 1 unspecified atom stereocenters. The first-order valence-electron chi connectivity index (χ1n) is 6.10. The molecular weight excluding hydrogens is 210 g/mol. The van der Waals surface area contributed by atoms with E-state index in [9.17, 15) is 0 Å². The average Bonchev–Trinajstić information content (AvgIpc) is 2.75. The fraction of sp³-hybridized carbons (Fsp3) is 0.357. The molecule has 3 heteroatoms. The first-order chi connectivity index (χ1) is 8.33. The molecule has 2 heterocycles. The van der Waals surface area contributed by atoms with Gasteiger partial charge in [0, 0.05) is 32.3 Å². The number of nitrogens with one attached hydrogen (secondary N) is 1. The smallest absolute Gasteiger partial charge is 0.0631 e. The fourth-order valence-electron chi connectivity index (χ4n) is 2.59. The number of hydrogen-bond donors (Lipinski definition) is 1. The molecule has 0 amide bonds. The Morgan fingerprint density at radius 2 is 2.24 bits per heavy atom. The van der Waals surface area contributed by atoms with Crippen molar-refractivity contribution in [1.29, 1.82) is 0 Å². The molecule has 1 aliphatic heterocycles. The lowest BCUT2D eigenvalue weighted by Crippen LogP contribution is -2.29. The van der Waals surface area contributed by atoms with Gasteiger partial charge in [-0.15, -0.1) is 0 Å². The van der Waals surface area contributed by atoms with Crippen LogP contribution >= 0.6 is 0 Å². The van der Waals surface area contributed by atoms with E-state index in [1.165, 1.54) is 16.8 Å². The molecule has 3 rings (SSSR count). The van der Waals surface area contributed by atoms with E-state index in [4.69, 9.17) is 0 Å². The summed E-state index contributed by atoms with van der Waals surface area (Å²) in [5, 5.41) is 7.95. The summed E-state index contributed by atoms with van der Waals surface area (Å²) in [4.78, 5) is 0. The predicted molar refractivity (Wildman–Crippen MR) is 67.8 cm³/mol. The highest BCUT2D eigenvalue weighted by Gasteiger charge is 2.20. The monoisotopic (exact) mass is 227 g/mol. The maximum Gasteiger partial charge on any atom is 0.0631 e. The lowest BCUT2D eigenvalue weighted by atomic mass is 9.88. The second kappa shape index (κ2) is 4.34. The van der Waals surface area contributed by atoms with Gasteiger partial charge in [0.15, 0.2) is 0 Å². The summed E-state index contributed by atoms with van der Waals surface area (Å²) in [5.74, 6) is 0.551. The maximum absolute atomic E-state index is 4.47. The lowest BCUT2D eigenvalue weighted by Gasteiger charge is -2.25. The Bertz CT molecular complexity index is 516. The van der Waals surface area contributed by atoms with Gasteiger partial charge in [-0.1, -0.05) is 24.3 Å². The molecular formula is C14H17N3. The molecule has 0 spiro atoms. The zero-order valence-corrected chi connectivity index (χ0v) is 10.1. The van der Waals surface area contributed by atoms with Gasteiger partial charge in [0.05, 0.1) is 5.69 Å². The molecule has 0 aliphatic carbocycles. The van der Waals surface area contributed by atoms with E-state index in [2.05, 4.69) is 40.7 Å². The second-order valence-corrected chi connectivity index (χ2v) is 4.71. The van der Waals surface area contributed by atoms with Gasteiger partial charge in [0.1, 0.15) is 0 Å². The number of aromatic nitrogens is 2. The second-order valence-electron chi connectivity index (χ2n) is 4.71. The van der Waals surface area contributed by atoms with Crippen molar-refractivity contribution < 1.29 is 0 Å². The summed E-state index contributed by atoms with van der Waals surface area (Å²) in [7, 11) is 1.97. The van der Waals surface area contributed by atoms with Gasteiger partial charge in [0.2, 0.25) is 0 Å². The molecule has 2 aromatic rings. The maximum atomic E-state index is 4.47. The van der Waals surface area contributed by atoms with Crippen LogP contribution in [0.4, 0.5) is 0 Å². The van der Waals surface area contributed by atoms with Crippen LogP contribution in [-0.2, 0) is 20.0 Å². The Morgan fingerprint density at radius 3 is 3.06 bits per heavy atom.